The number of fused-ring (bicyclic) bond motifs is 1. The first kappa shape index (κ1) is 15.9. The Bertz CT molecular complexity index is 757. The molecule has 2 aromatic rings. The second-order valence-corrected chi connectivity index (χ2v) is 7.11. The van der Waals surface area contributed by atoms with Crippen molar-refractivity contribution in [2.24, 2.45) is 0 Å². The minimum Gasteiger partial charge on any atom is -0.444 e. The maximum Gasteiger partial charge on any atom is 0.369 e. The molecule has 1 unspecified atom stereocenters. The van der Waals surface area contributed by atoms with Gasteiger partial charge in [0.2, 0.25) is 11.7 Å². The third-order valence-electron chi connectivity index (χ3n) is 3.94. The topological polar surface area (TPSA) is 53.6 Å². The van der Waals surface area contributed by atoms with Gasteiger partial charge in [0, 0.05) is 13.3 Å². The number of nitrogens with zero attached hydrogens (tertiary/aromatic N) is 1. The minimum absolute atomic E-state index is 0.0150. The molecule has 1 aliphatic heterocycles. The Balaban J connectivity index is 2.16. The Morgan fingerprint density at radius 1 is 1.17 bits per heavy atom. The average molecular weight is 317 g/mol. The van der Waals surface area contributed by atoms with E-state index in [4.69, 9.17) is 14.0 Å². The van der Waals surface area contributed by atoms with Gasteiger partial charge < -0.3 is 14.0 Å². The Morgan fingerprint density at radius 2 is 1.83 bits per heavy atom. The molecule has 0 spiro atoms. The van der Waals surface area contributed by atoms with E-state index in [0.29, 0.717) is 17.9 Å². The lowest BCUT2D eigenvalue weighted by Gasteiger charge is -2.43. The van der Waals surface area contributed by atoms with Crippen molar-refractivity contribution in [3.63, 3.8) is 0 Å². The van der Waals surface area contributed by atoms with Crippen LogP contribution in [0.25, 0.3) is 11.1 Å². The maximum atomic E-state index is 12.4. The van der Waals surface area contributed by atoms with E-state index in [1.165, 1.54) is 0 Å². The molecule has 23 heavy (non-hydrogen) atoms. The summed E-state index contributed by atoms with van der Waals surface area (Å²) in [5, 5.41) is 0. The Morgan fingerprint density at radius 3 is 2.43 bits per heavy atom. The summed E-state index contributed by atoms with van der Waals surface area (Å²) in [7, 11) is 0. The highest BCUT2D eigenvalue weighted by molar-refractivity contribution is 5.67. The van der Waals surface area contributed by atoms with Crippen LogP contribution in [-0.2, 0) is 10.3 Å². The van der Waals surface area contributed by atoms with Crippen LogP contribution in [0.15, 0.2) is 39.6 Å². The third-order valence-corrected chi connectivity index (χ3v) is 3.94. The monoisotopic (exact) mass is 317 g/mol. The summed E-state index contributed by atoms with van der Waals surface area (Å²) >= 11 is 0. The number of aromatic nitrogens is 1. The van der Waals surface area contributed by atoms with Crippen molar-refractivity contribution in [1.29, 1.82) is 0 Å². The van der Waals surface area contributed by atoms with Crippen molar-refractivity contribution in [2.75, 3.05) is 0 Å². The number of benzene rings is 1. The van der Waals surface area contributed by atoms with Gasteiger partial charge in [0.05, 0.1) is 11.6 Å². The summed E-state index contributed by atoms with van der Waals surface area (Å²) < 4.78 is 19.2. The summed E-state index contributed by atoms with van der Waals surface area (Å²) in [4.78, 5) is 12.4. The molecular formula is C18H23NO4. The first-order valence-corrected chi connectivity index (χ1v) is 7.91. The zero-order valence-electron chi connectivity index (χ0n) is 14.3. The molecule has 1 aliphatic rings. The van der Waals surface area contributed by atoms with E-state index in [0.717, 1.165) is 5.56 Å². The highest BCUT2D eigenvalue weighted by atomic mass is 16.7. The van der Waals surface area contributed by atoms with Crippen LogP contribution in [0.3, 0.4) is 0 Å². The maximum absolute atomic E-state index is 12.4. The molecule has 3 rings (SSSR count). The molecule has 0 bridgehead atoms. The van der Waals surface area contributed by atoms with Crippen molar-refractivity contribution < 1.29 is 14.0 Å². The zero-order valence-corrected chi connectivity index (χ0v) is 14.3. The first-order valence-electron chi connectivity index (χ1n) is 7.91. The van der Waals surface area contributed by atoms with Crippen LogP contribution in [0.1, 0.15) is 41.0 Å². The predicted octanol–water partition coefficient (Wildman–Crippen LogP) is 3.77. The van der Waals surface area contributed by atoms with Gasteiger partial charge in [-0.25, -0.2) is 4.79 Å². The van der Waals surface area contributed by atoms with Gasteiger partial charge in [-0.1, -0.05) is 30.3 Å². The molecule has 1 aromatic carbocycles. The van der Waals surface area contributed by atoms with Crippen LogP contribution in [0, 0.1) is 0 Å². The molecule has 0 fully saturated rings. The second kappa shape index (κ2) is 5.27. The Labute approximate surface area is 135 Å². The van der Waals surface area contributed by atoms with E-state index >= 15 is 0 Å². The van der Waals surface area contributed by atoms with E-state index in [1.807, 2.05) is 65.0 Å². The molecule has 1 aromatic heterocycles. The fourth-order valence-corrected chi connectivity index (χ4v) is 3.36. The molecule has 0 saturated heterocycles. The summed E-state index contributed by atoms with van der Waals surface area (Å²) in [5.74, 6) is -0.377. The molecule has 0 amide bonds. The van der Waals surface area contributed by atoms with Gasteiger partial charge in [-0.05, 0) is 33.3 Å². The summed E-state index contributed by atoms with van der Waals surface area (Å²) in [6, 6.07) is 9.43. The summed E-state index contributed by atoms with van der Waals surface area (Å²) in [6.45, 7) is 9.87. The van der Waals surface area contributed by atoms with Crippen molar-refractivity contribution in [2.45, 2.75) is 58.5 Å². The van der Waals surface area contributed by atoms with E-state index < -0.39 is 17.0 Å². The molecule has 0 saturated carbocycles. The zero-order chi connectivity index (χ0) is 16.8. The standard InChI is InChI=1S/C18H23NO4/c1-12(2)21-18(5)11-17(3,4)19-15(22-18)14(16(20)23-19)13-9-7-6-8-10-13/h6-10,12H,11H2,1-5H3. The molecule has 5 nitrogen and oxygen atoms in total. The van der Waals surface area contributed by atoms with Crippen LogP contribution in [-0.4, -0.2) is 16.6 Å². The number of ether oxygens (including phenoxy) is 2. The normalized spacial score (nSPS) is 22.7. The van der Waals surface area contributed by atoms with E-state index in [-0.39, 0.29) is 6.10 Å². The summed E-state index contributed by atoms with van der Waals surface area (Å²) in [5.41, 5.74) is 0.397. The Hall–Kier alpha value is -2.01. The second-order valence-electron chi connectivity index (χ2n) is 7.11. The molecule has 0 radical (unpaired) electrons. The average Bonchev–Trinajstić information content (AvgIpc) is 2.74. The highest BCUT2D eigenvalue weighted by Gasteiger charge is 2.46. The minimum atomic E-state index is -0.808. The smallest absolute Gasteiger partial charge is 0.369 e. The highest BCUT2D eigenvalue weighted by Crippen LogP contribution is 2.43. The van der Waals surface area contributed by atoms with Crippen LogP contribution < -0.4 is 10.4 Å². The quantitative estimate of drug-likeness (QED) is 0.865. The van der Waals surface area contributed by atoms with E-state index in [1.54, 1.807) is 4.74 Å². The van der Waals surface area contributed by atoms with Crippen molar-refractivity contribution in [3.05, 3.63) is 40.8 Å². The van der Waals surface area contributed by atoms with Gasteiger partial charge in [-0.15, -0.1) is 0 Å². The lowest BCUT2D eigenvalue weighted by atomic mass is 9.93. The number of rotatable bonds is 3. The van der Waals surface area contributed by atoms with Gasteiger partial charge in [0.25, 0.3) is 0 Å². The van der Waals surface area contributed by atoms with Crippen LogP contribution >= 0.6 is 0 Å². The molecule has 124 valence electrons. The molecule has 0 aliphatic carbocycles. The van der Waals surface area contributed by atoms with Crippen molar-refractivity contribution in [1.82, 2.24) is 4.74 Å². The van der Waals surface area contributed by atoms with Gasteiger partial charge in [0.1, 0.15) is 5.56 Å². The largest absolute Gasteiger partial charge is 0.444 e. The number of hydrogen-bond donors (Lipinski definition) is 0. The lowest BCUT2D eigenvalue weighted by molar-refractivity contribution is -0.231. The Kier molecular flexibility index (Phi) is 3.64. The van der Waals surface area contributed by atoms with Crippen molar-refractivity contribution >= 4 is 0 Å². The van der Waals surface area contributed by atoms with E-state index in [2.05, 4.69) is 0 Å². The number of hydrogen-bond acceptors (Lipinski definition) is 4. The molecule has 1 atom stereocenters. The van der Waals surface area contributed by atoms with Gasteiger partial charge in [-0.2, -0.15) is 4.74 Å². The van der Waals surface area contributed by atoms with E-state index in [9.17, 15) is 4.79 Å². The fourth-order valence-electron chi connectivity index (χ4n) is 3.36. The fraction of sp³-hybridized carbons (Fsp3) is 0.500. The molecule has 2 heterocycles. The van der Waals surface area contributed by atoms with Gasteiger partial charge >= 0.3 is 5.63 Å². The third kappa shape index (κ3) is 2.81. The molecule has 0 N–H and O–H groups in total. The van der Waals surface area contributed by atoms with Gasteiger partial charge in [-0.3, -0.25) is 0 Å². The van der Waals surface area contributed by atoms with Crippen molar-refractivity contribution in [3.8, 4) is 17.0 Å². The molecule has 5 heteroatoms. The van der Waals surface area contributed by atoms with Gasteiger partial charge in [0.15, 0.2) is 0 Å². The first-order chi connectivity index (χ1) is 10.7. The van der Waals surface area contributed by atoms with Crippen LogP contribution in [0.5, 0.6) is 5.88 Å². The van der Waals surface area contributed by atoms with Crippen LogP contribution in [0.2, 0.25) is 0 Å². The predicted molar refractivity (Wildman–Crippen MR) is 87.6 cm³/mol. The SMILES string of the molecule is CC(C)OC1(C)CC(C)(C)n2oc(=O)c(-c3ccccc3)c2O1. The lowest BCUT2D eigenvalue weighted by Crippen LogP contribution is -2.49. The molecular weight excluding hydrogens is 294 g/mol. The van der Waals surface area contributed by atoms with Crippen LogP contribution in [0.4, 0.5) is 0 Å². The summed E-state index contributed by atoms with van der Waals surface area (Å²) in [6.07, 6.45) is 0.595.